The zero-order valence-electron chi connectivity index (χ0n) is 13.0. The summed E-state index contributed by atoms with van der Waals surface area (Å²) in [4.78, 5) is 11.1. The van der Waals surface area contributed by atoms with Crippen LogP contribution in [0.3, 0.4) is 0 Å². The van der Waals surface area contributed by atoms with E-state index in [4.69, 9.17) is 9.84 Å². The Morgan fingerprint density at radius 3 is 2.60 bits per heavy atom. The molecule has 1 heterocycles. The van der Waals surface area contributed by atoms with Crippen LogP contribution in [0, 0.1) is 0 Å². The van der Waals surface area contributed by atoms with Crippen molar-refractivity contribution in [3.05, 3.63) is 80.5 Å². The van der Waals surface area contributed by atoms with E-state index in [-0.39, 0.29) is 5.69 Å². The predicted octanol–water partition coefficient (Wildman–Crippen LogP) is 4.73. The number of nitrogens with zero attached hydrogens (tertiary/aromatic N) is 2. The summed E-state index contributed by atoms with van der Waals surface area (Å²) in [5.41, 5.74) is 1.96. The summed E-state index contributed by atoms with van der Waals surface area (Å²) in [5.74, 6) is -0.337. The maximum Gasteiger partial charge on any atom is 0.357 e. The van der Waals surface area contributed by atoms with Crippen molar-refractivity contribution in [3.8, 4) is 5.75 Å². The molecule has 1 N–H and O–H groups in total. The van der Waals surface area contributed by atoms with Crippen molar-refractivity contribution in [2.45, 2.75) is 13.2 Å². The molecule has 7 heteroatoms. The fourth-order valence-electron chi connectivity index (χ4n) is 2.35. The van der Waals surface area contributed by atoms with Gasteiger partial charge in [-0.3, -0.25) is 4.68 Å². The van der Waals surface area contributed by atoms with Gasteiger partial charge in [0.25, 0.3) is 0 Å². The van der Waals surface area contributed by atoms with E-state index in [1.807, 2.05) is 48.5 Å². The molecule has 0 bridgehead atoms. The second kappa shape index (κ2) is 7.84. The van der Waals surface area contributed by atoms with E-state index in [2.05, 4.69) is 37.0 Å². The van der Waals surface area contributed by atoms with Gasteiger partial charge in [0.2, 0.25) is 0 Å². The zero-order chi connectivity index (χ0) is 17.8. The Hall–Kier alpha value is -2.12. The first-order valence-electron chi connectivity index (χ1n) is 7.44. The summed E-state index contributed by atoms with van der Waals surface area (Å²) in [5, 5.41) is 13.2. The number of rotatable bonds is 6. The number of halogens is 2. The van der Waals surface area contributed by atoms with Crippen LogP contribution in [0.15, 0.2) is 63.7 Å². The van der Waals surface area contributed by atoms with Gasteiger partial charge in [0.15, 0.2) is 5.69 Å². The number of hydrogen-bond donors (Lipinski definition) is 1. The van der Waals surface area contributed by atoms with Crippen LogP contribution < -0.4 is 4.74 Å². The Bertz CT molecular complexity index is 895. The lowest BCUT2D eigenvalue weighted by atomic mass is 10.2. The number of carboxylic acid groups (broad SMARTS) is 1. The lowest BCUT2D eigenvalue weighted by molar-refractivity contribution is 0.0688. The van der Waals surface area contributed by atoms with Crippen molar-refractivity contribution >= 4 is 37.8 Å². The van der Waals surface area contributed by atoms with Gasteiger partial charge in [-0.2, -0.15) is 5.10 Å². The SMILES string of the molecule is O=C(O)c1nn(Cc2cc(Br)ccc2OCc2ccccc2)cc1Br. The van der Waals surface area contributed by atoms with Crippen LogP contribution in [0.4, 0.5) is 0 Å². The number of carboxylic acids is 1. The summed E-state index contributed by atoms with van der Waals surface area (Å²) >= 11 is 6.68. The van der Waals surface area contributed by atoms with Crippen molar-refractivity contribution in [2.75, 3.05) is 0 Å². The van der Waals surface area contributed by atoms with Gasteiger partial charge in [-0.1, -0.05) is 46.3 Å². The lowest BCUT2D eigenvalue weighted by Gasteiger charge is -2.12. The molecule has 0 aliphatic carbocycles. The standard InChI is InChI=1S/C18H14Br2N2O3/c19-14-6-7-16(25-11-12-4-2-1-3-5-12)13(8-14)9-22-10-15(20)17(21-22)18(23)24/h1-8,10H,9,11H2,(H,23,24). The fraction of sp³-hybridized carbons (Fsp3) is 0.111. The molecule has 3 aromatic rings. The van der Waals surface area contributed by atoms with Crippen molar-refractivity contribution < 1.29 is 14.6 Å². The van der Waals surface area contributed by atoms with Crippen molar-refractivity contribution in [1.82, 2.24) is 9.78 Å². The fourth-order valence-corrected chi connectivity index (χ4v) is 3.24. The van der Waals surface area contributed by atoms with E-state index in [0.717, 1.165) is 21.3 Å². The smallest absolute Gasteiger partial charge is 0.357 e. The molecule has 0 saturated heterocycles. The van der Waals surface area contributed by atoms with Gasteiger partial charge in [0.05, 0.1) is 11.0 Å². The van der Waals surface area contributed by atoms with E-state index < -0.39 is 5.97 Å². The largest absolute Gasteiger partial charge is 0.489 e. The molecule has 0 radical (unpaired) electrons. The van der Waals surface area contributed by atoms with Crippen molar-refractivity contribution in [2.24, 2.45) is 0 Å². The monoisotopic (exact) mass is 464 g/mol. The summed E-state index contributed by atoms with van der Waals surface area (Å²) in [7, 11) is 0. The molecule has 0 fully saturated rings. The van der Waals surface area contributed by atoms with E-state index in [1.54, 1.807) is 10.9 Å². The molecule has 0 aliphatic rings. The minimum Gasteiger partial charge on any atom is -0.489 e. The molecule has 25 heavy (non-hydrogen) atoms. The Balaban J connectivity index is 1.81. The summed E-state index contributed by atoms with van der Waals surface area (Å²) in [6.07, 6.45) is 1.64. The third kappa shape index (κ3) is 4.49. The molecule has 5 nitrogen and oxygen atoms in total. The number of ether oxygens (including phenoxy) is 1. The average Bonchev–Trinajstić information content (AvgIpc) is 2.96. The topological polar surface area (TPSA) is 64.3 Å². The highest BCUT2D eigenvalue weighted by molar-refractivity contribution is 9.10. The number of aromatic nitrogens is 2. The second-order valence-corrected chi connectivity index (χ2v) is 7.12. The quantitative estimate of drug-likeness (QED) is 0.571. The third-order valence-electron chi connectivity index (χ3n) is 3.51. The molecule has 3 rings (SSSR count). The first kappa shape index (κ1) is 17.7. The highest BCUT2D eigenvalue weighted by Crippen LogP contribution is 2.26. The van der Waals surface area contributed by atoms with Gasteiger partial charge >= 0.3 is 5.97 Å². The maximum atomic E-state index is 11.1. The van der Waals surface area contributed by atoms with Crippen LogP contribution in [-0.2, 0) is 13.2 Å². The average molecular weight is 466 g/mol. The third-order valence-corrected chi connectivity index (χ3v) is 4.59. The van der Waals surface area contributed by atoms with Gasteiger partial charge in [-0.05, 0) is 39.7 Å². The molecule has 0 atom stereocenters. The highest BCUT2D eigenvalue weighted by atomic mass is 79.9. The summed E-state index contributed by atoms with van der Waals surface area (Å²) in [6, 6.07) is 15.6. The Morgan fingerprint density at radius 1 is 1.16 bits per heavy atom. The second-order valence-electron chi connectivity index (χ2n) is 5.35. The molecule has 0 spiro atoms. The van der Waals surface area contributed by atoms with Crippen LogP contribution >= 0.6 is 31.9 Å². The van der Waals surface area contributed by atoms with Crippen LogP contribution in [0.25, 0.3) is 0 Å². The number of benzene rings is 2. The minimum atomic E-state index is -1.07. The number of aromatic carboxylic acids is 1. The molecule has 0 unspecified atom stereocenters. The molecule has 0 amide bonds. The normalized spacial score (nSPS) is 10.6. The molecular weight excluding hydrogens is 452 g/mol. The van der Waals surface area contributed by atoms with E-state index in [1.165, 1.54) is 0 Å². The van der Waals surface area contributed by atoms with Crippen LogP contribution in [0.1, 0.15) is 21.6 Å². The van der Waals surface area contributed by atoms with Gasteiger partial charge in [-0.15, -0.1) is 0 Å². The summed E-state index contributed by atoms with van der Waals surface area (Å²) < 4.78 is 8.88. The van der Waals surface area contributed by atoms with Gasteiger partial charge in [0, 0.05) is 16.2 Å². The molecule has 1 aromatic heterocycles. The maximum absolute atomic E-state index is 11.1. The number of hydrogen-bond acceptors (Lipinski definition) is 3. The highest BCUT2D eigenvalue weighted by Gasteiger charge is 2.15. The van der Waals surface area contributed by atoms with E-state index in [0.29, 0.717) is 17.6 Å². The first-order valence-corrected chi connectivity index (χ1v) is 9.03. The van der Waals surface area contributed by atoms with Gasteiger partial charge in [0.1, 0.15) is 12.4 Å². The molecular formula is C18H14Br2N2O3. The molecule has 0 aliphatic heterocycles. The predicted molar refractivity (Wildman–Crippen MR) is 101 cm³/mol. The Kier molecular flexibility index (Phi) is 5.55. The van der Waals surface area contributed by atoms with Crippen molar-refractivity contribution in [3.63, 3.8) is 0 Å². The first-order chi connectivity index (χ1) is 12.0. The van der Waals surface area contributed by atoms with Crippen LogP contribution in [0.5, 0.6) is 5.75 Å². The van der Waals surface area contributed by atoms with Crippen molar-refractivity contribution in [1.29, 1.82) is 0 Å². The molecule has 2 aromatic carbocycles. The molecule has 128 valence electrons. The number of carbonyl (C=O) groups is 1. The van der Waals surface area contributed by atoms with E-state index >= 15 is 0 Å². The lowest BCUT2D eigenvalue weighted by Crippen LogP contribution is -2.06. The van der Waals surface area contributed by atoms with Crippen LogP contribution in [0.2, 0.25) is 0 Å². The Morgan fingerprint density at radius 2 is 1.92 bits per heavy atom. The minimum absolute atomic E-state index is 0.0123. The van der Waals surface area contributed by atoms with Gasteiger partial charge < -0.3 is 9.84 Å². The Labute approximate surface area is 161 Å². The van der Waals surface area contributed by atoms with Gasteiger partial charge in [-0.25, -0.2) is 4.79 Å². The zero-order valence-corrected chi connectivity index (χ0v) is 16.2. The molecule has 0 saturated carbocycles. The van der Waals surface area contributed by atoms with E-state index in [9.17, 15) is 4.79 Å². The van der Waals surface area contributed by atoms with Crippen LogP contribution in [-0.4, -0.2) is 20.9 Å². The summed E-state index contributed by atoms with van der Waals surface area (Å²) in [6.45, 7) is 0.855.